The summed E-state index contributed by atoms with van der Waals surface area (Å²) in [6.07, 6.45) is 3.29. The molecule has 0 aliphatic carbocycles. The van der Waals surface area contributed by atoms with Crippen molar-refractivity contribution in [3.05, 3.63) is 24.4 Å². The number of aromatic nitrogens is 5. The normalized spacial score (nSPS) is 12.2. The Morgan fingerprint density at radius 1 is 1.22 bits per heavy atom. The maximum absolute atomic E-state index is 5.27. The van der Waals surface area contributed by atoms with Crippen molar-refractivity contribution in [3.63, 3.8) is 0 Å². The number of nitrogens with one attached hydrogen (secondary N) is 1. The number of aromatic amines is 1. The summed E-state index contributed by atoms with van der Waals surface area (Å²) in [7, 11) is 0. The number of hydrogen-bond acceptors (Lipinski definition) is 5. The molecule has 0 amide bonds. The highest BCUT2D eigenvalue weighted by Crippen LogP contribution is 2.24. The van der Waals surface area contributed by atoms with Crippen molar-refractivity contribution in [1.82, 2.24) is 25.1 Å². The largest absolute Gasteiger partial charge is 0.343 e. The zero-order valence-corrected chi connectivity index (χ0v) is 10.4. The van der Waals surface area contributed by atoms with Crippen LogP contribution in [-0.2, 0) is 5.41 Å². The Bertz CT molecular complexity index is 692. The van der Waals surface area contributed by atoms with Crippen molar-refractivity contribution in [2.24, 2.45) is 0 Å². The minimum absolute atomic E-state index is 0.132. The van der Waals surface area contributed by atoms with E-state index in [1.165, 1.54) is 0 Å². The van der Waals surface area contributed by atoms with E-state index in [4.69, 9.17) is 4.52 Å². The van der Waals surface area contributed by atoms with Crippen molar-refractivity contribution < 1.29 is 4.52 Å². The van der Waals surface area contributed by atoms with E-state index in [-0.39, 0.29) is 5.41 Å². The number of nitrogens with zero attached hydrogens (tertiary/aromatic N) is 4. The third-order valence-electron chi connectivity index (χ3n) is 2.62. The van der Waals surface area contributed by atoms with Crippen molar-refractivity contribution in [1.29, 1.82) is 0 Å². The molecule has 0 aliphatic rings. The molecule has 92 valence electrons. The lowest BCUT2D eigenvalue weighted by molar-refractivity contribution is 0.402. The van der Waals surface area contributed by atoms with E-state index >= 15 is 0 Å². The van der Waals surface area contributed by atoms with E-state index in [1.807, 2.05) is 26.8 Å². The molecule has 6 nitrogen and oxygen atoms in total. The van der Waals surface area contributed by atoms with E-state index in [9.17, 15) is 0 Å². The topological polar surface area (TPSA) is 80.5 Å². The van der Waals surface area contributed by atoms with Gasteiger partial charge in [-0.2, -0.15) is 4.98 Å². The van der Waals surface area contributed by atoms with E-state index in [0.29, 0.717) is 17.4 Å². The van der Waals surface area contributed by atoms with Crippen LogP contribution in [-0.4, -0.2) is 25.1 Å². The number of pyridine rings is 1. The smallest absolute Gasteiger partial charge is 0.259 e. The zero-order valence-electron chi connectivity index (χ0n) is 10.4. The number of imidazole rings is 1. The van der Waals surface area contributed by atoms with Crippen LogP contribution in [0.2, 0.25) is 0 Å². The van der Waals surface area contributed by atoms with Crippen LogP contribution in [0, 0.1) is 0 Å². The minimum Gasteiger partial charge on any atom is -0.343 e. The van der Waals surface area contributed by atoms with E-state index < -0.39 is 0 Å². The third kappa shape index (κ3) is 1.75. The van der Waals surface area contributed by atoms with Gasteiger partial charge in [-0.25, -0.2) is 9.97 Å². The molecule has 1 N–H and O–H groups in total. The van der Waals surface area contributed by atoms with Gasteiger partial charge in [0.05, 0.1) is 17.4 Å². The molecule has 0 fully saturated rings. The molecule has 3 aromatic rings. The van der Waals surface area contributed by atoms with Gasteiger partial charge in [-0.1, -0.05) is 25.9 Å². The van der Waals surface area contributed by atoms with Crippen molar-refractivity contribution in [3.8, 4) is 11.5 Å². The van der Waals surface area contributed by atoms with Crippen LogP contribution in [0.3, 0.4) is 0 Å². The highest BCUT2D eigenvalue weighted by atomic mass is 16.5. The first-order valence-electron chi connectivity index (χ1n) is 5.68. The molecule has 0 aromatic carbocycles. The quantitative estimate of drug-likeness (QED) is 0.709. The van der Waals surface area contributed by atoms with Crippen molar-refractivity contribution in [2.45, 2.75) is 26.2 Å². The van der Waals surface area contributed by atoms with Gasteiger partial charge >= 0.3 is 0 Å². The van der Waals surface area contributed by atoms with Crippen LogP contribution in [0.1, 0.15) is 26.6 Å². The lowest BCUT2D eigenvalue weighted by Crippen LogP contribution is -2.13. The molecule has 3 rings (SSSR count). The Morgan fingerprint density at radius 2 is 2.06 bits per heavy atom. The molecule has 3 aromatic heterocycles. The number of fused-ring (bicyclic) bond motifs is 1. The van der Waals surface area contributed by atoms with Gasteiger partial charge in [0.15, 0.2) is 11.5 Å². The molecule has 3 heterocycles. The van der Waals surface area contributed by atoms with Crippen LogP contribution in [0.5, 0.6) is 0 Å². The summed E-state index contributed by atoms with van der Waals surface area (Å²) >= 11 is 0. The van der Waals surface area contributed by atoms with Gasteiger partial charge < -0.3 is 9.51 Å². The van der Waals surface area contributed by atoms with Gasteiger partial charge in [0.25, 0.3) is 5.89 Å². The van der Waals surface area contributed by atoms with Crippen LogP contribution in [0.15, 0.2) is 23.1 Å². The average molecular weight is 243 g/mol. The molecule has 0 saturated heterocycles. The van der Waals surface area contributed by atoms with Crippen LogP contribution in [0.25, 0.3) is 22.6 Å². The SMILES string of the molecule is CC(C)(C)c1noc(-c2cnc3nc[nH]c3c2)n1. The second-order valence-electron chi connectivity index (χ2n) is 5.17. The molecule has 0 spiro atoms. The summed E-state index contributed by atoms with van der Waals surface area (Å²) in [6.45, 7) is 6.12. The predicted octanol–water partition coefficient (Wildman–Crippen LogP) is 2.31. The second kappa shape index (κ2) is 3.63. The van der Waals surface area contributed by atoms with Gasteiger partial charge in [-0.05, 0) is 6.07 Å². The first kappa shape index (κ1) is 10.9. The molecule has 0 unspecified atom stereocenters. The fourth-order valence-corrected chi connectivity index (χ4v) is 1.59. The summed E-state index contributed by atoms with van der Waals surface area (Å²) in [4.78, 5) is 15.7. The molecule has 0 bridgehead atoms. The molecule has 0 aliphatic heterocycles. The first-order chi connectivity index (χ1) is 8.54. The minimum atomic E-state index is -0.132. The molecular formula is C12H13N5O. The van der Waals surface area contributed by atoms with Gasteiger partial charge in [-0.3, -0.25) is 0 Å². The number of hydrogen-bond donors (Lipinski definition) is 1. The van der Waals surface area contributed by atoms with E-state index in [1.54, 1.807) is 12.5 Å². The Balaban J connectivity index is 2.06. The number of rotatable bonds is 1. The Hall–Kier alpha value is -2.24. The summed E-state index contributed by atoms with van der Waals surface area (Å²) in [5, 5.41) is 3.99. The van der Waals surface area contributed by atoms with Gasteiger partial charge in [-0.15, -0.1) is 0 Å². The maximum Gasteiger partial charge on any atom is 0.259 e. The van der Waals surface area contributed by atoms with E-state index in [2.05, 4.69) is 25.1 Å². The van der Waals surface area contributed by atoms with Gasteiger partial charge in [0, 0.05) is 11.6 Å². The molecule has 0 radical (unpaired) electrons. The summed E-state index contributed by atoms with van der Waals surface area (Å²) in [6, 6.07) is 1.90. The monoisotopic (exact) mass is 243 g/mol. The molecule has 0 atom stereocenters. The zero-order chi connectivity index (χ0) is 12.8. The van der Waals surface area contributed by atoms with Crippen LogP contribution in [0.4, 0.5) is 0 Å². The lowest BCUT2D eigenvalue weighted by Gasteiger charge is -2.10. The third-order valence-corrected chi connectivity index (χ3v) is 2.62. The molecule has 0 saturated carbocycles. The number of H-pyrrole nitrogens is 1. The van der Waals surface area contributed by atoms with Gasteiger partial charge in [0.1, 0.15) is 0 Å². The van der Waals surface area contributed by atoms with Crippen molar-refractivity contribution >= 4 is 11.2 Å². The van der Waals surface area contributed by atoms with Crippen molar-refractivity contribution in [2.75, 3.05) is 0 Å². The Kier molecular flexibility index (Phi) is 2.19. The fourth-order valence-electron chi connectivity index (χ4n) is 1.59. The van der Waals surface area contributed by atoms with Gasteiger partial charge in [0.2, 0.25) is 0 Å². The Morgan fingerprint density at radius 3 is 2.78 bits per heavy atom. The summed E-state index contributed by atoms with van der Waals surface area (Å²) < 4.78 is 5.27. The molecular weight excluding hydrogens is 230 g/mol. The van der Waals surface area contributed by atoms with E-state index in [0.717, 1.165) is 11.1 Å². The average Bonchev–Trinajstić information content (AvgIpc) is 2.96. The van der Waals surface area contributed by atoms with Crippen LogP contribution >= 0.6 is 0 Å². The summed E-state index contributed by atoms with van der Waals surface area (Å²) in [5.74, 6) is 1.16. The Labute approximate surface area is 103 Å². The highest BCUT2D eigenvalue weighted by molar-refractivity contribution is 5.75. The standard InChI is InChI=1S/C12H13N5O/c1-12(2,3)11-16-10(18-17-11)7-4-8-9(13-5-7)15-6-14-8/h4-6H,1-3H3,(H,13,14,15). The molecule has 18 heavy (non-hydrogen) atoms. The van der Waals surface area contributed by atoms with Crippen LogP contribution < -0.4 is 0 Å². The molecule has 6 heteroatoms. The first-order valence-corrected chi connectivity index (χ1v) is 5.68. The predicted molar refractivity (Wildman–Crippen MR) is 65.9 cm³/mol. The fraction of sp³-hybridized carbons (Fsp3) is 0.333. The second-order valence-corrected chi connectivity index (χ2v) is 5.17. The lowest BCUT2D eigenvalue weighted by atomic mass is 9.96. The highest BCUT2D eigenvalue weighted by Gasteiger charge is 2.21. The summed E-state index contributed by atoms with van der Waals surface area (Å²) in [5.41, 5.74) is 2.18. The maximum atomic E-state index is 5.27.